The van der Waals surface area contributed by atoms with Gasteiger partial charge in [-0.3, -0.25) is 0 Å². The molecule has 1 unspecified atom stereocenters. The molecule has 0 aliphatic heterocycles. The number of rotatable bonds is 6. The molecule has 3 aromatic rings. The maximum atomic E-state index is 12.4. The summed E-state index contributed by atoms with van der Waals surface area (Å²) in [5, 5.41) is 7.21. The summed E-state index contributed by atoms with van der Waals surface area (Å²) in [7, 11) is 1.83. The predicted octanol–water partition coefficient (Wildman–Crippen LogP) is 3.82. The van der Waals surface area contributed by atoms with E-state index >= 15 is 0 Å². The number of aromatic nitrogens is 2. The number of benzene rings is 2. The van der Waals surface area contributed by atoms with E-state index in [2.05, 4.69) is 22.5 Å². The number of carbonyl (C=O) groups excluding carboxylic acids is 1. The molecule has 1 aromatic heterocycles. The van der Waals surface area contributed by atoms with Gasteiger partial charge >= 0.3 is 6.03 Å². The second-order valence-corrected chi connectivity index (χ2v) is 6.30. The molecule has 2 aromatic carbocycles. The Morgan fingerprint density at radius 1 is 1.12 bits per heavy atom. The van der Waals surface area contributed by atoms with Crippen molar-refractivity contribution >= 4 is 6.03 Å². The van der Waals surface area contributed by atoms with Crippen LogP contribution in [0.15, 0.2) is 73.1 Å². The smallest absolute Gasteiger partial charge is 0.317 e. The highest BCUT2D eigenvalue weighted by molar-refractivity contribution is 5.74. The minimum Gasteiger partial charge on any atom is -0.338 e. The van der Waals surface area contributed by atoms with Crippen molar-refractivity contribution in [3.63, 3.8) is 0 Å². The van der Waals surface area contributed by atoms with E-state index in [0.29, 0.717) is 6.54 Å². The van der Waals surface area contributed by atoms with Gasteiger partial charge in [0.05, 0.1) is 11.7 Å². The number of hydrogen-bond donors (Lipinski definition) is 1. The van der Waals surface area contributed by atoms with Crippen molar-refractivity contribution < 1.29 is 4.79 Å². The van der Waals surface area contributed by atoms with Crippen LogP contribution in [0.1, 0.15) is 24.1 Å². The van der Waals surface area contributed by atoms with Gasteiger partial charge in [0, 0.05) is 26.0 Å². The van der Waals surface area contributed by atoms with E-state index in [1.54, 1.807) is 11.1 Å². The summed E-state index contributed by atoms with van der Waals surface area (Å²) >= 11 is 0. The first-order valence-corrected chi connectivity index (χ1v) is 8.79. The summed E-state index contributed by atoms with van der Waals surface area (Å²) in [5.74, 6) is 0. The quantitative estimate of drug-likeness (QED) is 0.736. The molecule has 26 heavy (non-hydrogen) atoms. The molecule has 0 spiro atoms. The third-order valence-corrected chi connectivity index (χ3v) is 4.58. The van der Waals surface area contributed by atoms with Crippen LogP contribution in [-0.4, -0.2) is 34.3 Å². The van der Waals surface area contributed by atoms with Gasteiger partial charge in [0.15, 0.2) is 0 Å². The fraction of sp³-hybridized carbons (Fsp3) is 0.238. The lowest BCUT2D eigenvalue weighted by Gasteiger charge is -2.25. The average molecular weight is 348 g/mol. The van der Waals surface area contributed by atoms with Crippen LogP contribution in [-0.2, 0) is 6.42 Å². The Kier molecular flexibility index (Phi) is 5.69. The molecular weight excluding hydrogens is 324 g/mol. The van der Waals surface area contributed by atoms with Gasteiger partial charge < -0.3 is 10.2 Å². The molecule has 5 heteroatoms. The Hall–Kier alpha value is -3.08. The second kappa shape index (κ2) is 8.34. The van der Waals surface area contributed by atoms with Crippen LogP contribution >= 0.6 is 0 Å². The van der Waals surface area contributed by atoms with Crippen molar-refractivity contribution in [1.82, 2.24) is 20.0 Å². The molecule has 1 atom stereocenters. The summed E-state index contributed by atoms with van der Waals surface area (Å²) in [6.45, 7) is 2.63. The Morgan fingerprint density at radius 3 is 2.50 bits per heavy atom. The molecule has 134 valence electrons. The molecule has 0 bridgehead atoms. The number of amides is 2. The van der Waals surface area contributed by atoms with E-state index in [-0.39, 0.29) is 12.1 Å². The van der Waals surface area contributed by atoms with E-state index < -0.39 is 0 Å². The van der Waals surface area contributed by atoms with Gasteiger partial charge in [-0.1, -0.05) is 42.5 Å². The van der Waals surface area contributed by atoms with Gasteiger partial charge in [0.2, 0.25) is 0 Å². The van der Waals surface area contributed by atoms with Crippen molar-refractivity contribution in [3.8, 4) is 5.69 Å². The lowest BCUT2D eigenvalue weighted by Crippen LogP contribution is -2.39. The Morgan fingerprint density at radius 2 is 1.85 bits per heavy atom. The van der Waals surface area contributed by atoms with Crippen LogP contribution < -0.4 is 5.32 Å². The molecule has 1 N–H and O–H groups in total. The van der Waals surface area contributed by atoms with Crippen LogP contribution in [0.4, 0.5) is 4.79 Å². The first-order chi connectivity index (χ1) is 12.6. The minimum absolute atomic E-state index is 0.0320. The van der Waals surface area contributed by atoms with Crippen LogP contribution in [0, 0.1) is 0 Å². The summed E-state index contributed by atoms with van der Waals surface area (Å²) in [5.41, 5.74) is 3.33. The maximum absolute atomic E-state index is 12.4. The van der Waals surface area contributed by atoms with Crippen molar-refractivity contribution in [3.05, 3.63) is 84.2 Å². The van der Waals surface area contributed by atoms with Crippen LogP contribution in [0.5, 0.6) is 0 Å². The standard InChI is InChI=1S/C21H24N4O/c1-17(19-7-4-3-5-8-19)24(2)21(26)22-15-13-18-9-11-20(12-10-18)25-16-6-14-23-25/h3-12,14,16-17H,13,15H2,1-2H3,(H,22,26). The normalized spacial score (nSPS) is 11.8. The summed E-state index contributed by atoms with van der Waals surface area (Å²) < 4.78 is 1.82. The van der Waals surface area contributed by atoms with Gasteiger partial charge in [0.25, 0.3) is 0 Å². The van der Waals surface area contributed by atoms with Crippen LogP contribution in [0.3, 0.4) is 0 Å². The number of carbonyl (C=O) groups is 1. The second-order valence-electron chi connectivity index (χ2n) is 6.30. The Labute approximate surface area is 154 Å². The number of hydrogen-bond acceptors (Lipinski definition) is 2. The fourth-order valence-corrected chi connectivity index (χ4v) is 2.81. The van der Waals surface area contributed by atoms with E-state index in [0.717, 1.165) is 17.7 Å². The van der Waals surface area contributed by atoms with E-state index in [1.165, 1.54) is 5.56 Å². The molecule has 0 saturated heterocycles. The van der Waals surface area contributed by atoms with Crippen molar-refractivity contribution in [1.29, 1.82) is 0 Å². The monoisotopic (exact) mass is 348 g/mol. The molecule has 2 amide bonds. The molecule has 5 nitrogen and oxygen atoms in total. The van der Waals surface area contributed by atoms with Gasteiger partial charge in [0.1, 0.15) is 0 Å². The molecule has 0 fully saturated rings. The van der Waals surface area contributed by atoms with Crippen LogP contribution in [0.25, 0.3) is 5.69 Å². The largest absolute Gasteiger partial charge is 0.338 e. The third kappa shape index (κ3) is 4.30. The van der Waals surface area contributed by atoms with Gasteiger partial charge in [-0.25, -0.2) is 9.48 Å². The SMILES string of the molecule is CC(c1ccccc1)N(C)C(=O)NCCc1ccc(-n2cccn2)cc1. The fourth-order valence-electron chi connectivity index (χ4n) is 2.81. The first-order valence-electron chi connectivity index (χ1n) is 8.79. The van der Waals surface area contributed by atoms with E-state index in [4.69, 9.17) is 0 Å². The van der Waals surface area contributed by atoms with Crippen molar-refractivity contribution in [2.24, 2.45) is 0 Å². The molecule has 0 saturated carbocycles. The van der Waals surface area contributed by atoms with E-state index in [9.17, 15) is 4.79 Å². The first kappa shape index (κ1) is 17.7. The highest BCUT2D eigenvalue weighted by Crippen LogP contribution is 2.18. The lowest BCUT2D eigenvalue weighted by atomic mass is 10.1. The van der Waals surface area contributed by atoms with Crippen LogP contribution in [0.2, 0.25) is 0 Å². The molecule has 3 rings (SSSR count). The maximum Gasteiger partial charge on any atom is 0.317 e. The minimum atomic E-state index is -0.0606. The summed E-state index contributed by atoms with van der Waals surface area (Å²) in [6.07, 6.45) is 4.47. The summed E-state index contributed by atoms with van der Waals surface area (Å²) in [6, 6.07) is 20.1. The van der Waals surface area contributed by atoms with Crippen molar-refractivity contribution in [2.45, 2.75) is 19.4 Å². The van der Waals surface area contributed by atoms with Gasteiger partial charge in [-0.05, 0) is 42.7 Å². The molecule has 0 radical (unpaired) electrons. The number of nitrogens with one attached hydrogen (secondary N) is 1. The zero-order valence-corrected chi connectivity index (χ0v) is 15.2. The topological polar surface area (TPSA) is 50.2 Å². The highest BCUT2D eigenvalue weighted by Gasteiger charge is 2.16. The summed E-state index contributed by atoms with van der Waals surface area (Å²) in [4.78, 5) is 14.1. The zero-order valence-electron chi connectivity index (χ0n) is 15.2. The van der Waals surface area contributed by atoms with E-state index in [1.807, 2.05) is 73.4 Å². The number of nitrogens with zero attached hydrogens (tertiary/aromatic N) is 3. The zero-order chi connectivity index (χ0) is 18.4. The predicted molar refractivity (Wildman–Crippen MR) is 103 cm³/mol. The highest BCUT2D eigenvalue weighted by atomic mass is 16.2. The molecule has 0 aliphatic carbocycles. The molecule has 1 heterocycles. The third-order valence-electron chi connectivity index (χ3n) is 4.58. The molecular formula is C21H24N4O. The van der Waals surface area contributed by atoms with Gasteiger partial charge in [-0.2, -0.15) is 5.10 Å². The number of urea groups is 1. The Balaban J connectivity index is 1.49. The van der Waals surface area contributed by atoms with Gasteiger partial charge in [-0.15, -0.1) is 0 Å². The Bertz CT molecular complexity index is 813. The molecule has 0 aliphatic rings. The lowest BCUT2D eigenvalue weighted by molar-refractivity contribution is 0.194. The average Bonchev–Trinajstić information content (AvgIpc) is 3.23. The van der Waals surface area contributed by atoms with Crippen molar-refractivity contribution in [2.75, 3.05) is 13.6 Å².